The topological polar surface area (TPSA) is 26.0 Å². The summed E-state index contributed by atoms with van der Waals surface area (Å²) in [5.41, 5.74) is 5.87. The highest BCUT2D eigenvalue weighted by molar-refractivity contribution is 4.78. The molecule has 18 heavy (non-hydrogen) atoms. The molecule has 0 aromatic heterocycles. The molecule has 0 aliphatic heterocycles. The van der Waals surface area contributed by atoms with Crippen molar-refractivity contribution < 1.29 is 0 Å². The van der Waals surface area contributed by atoms with Crippen molar-refractivity contribution in [2.75, 3.05) is 0 Å². The van der Waals surface area contributed by atoms with Gasteiger partial charge >= 0.3 is 0 Å². The first kappa shape index (κ1) is 18.0. The standard InChI is InChI=1S/C8H17N.C7H14.C2H6/c1-6-4-3-5-8(9)7(6)2;1-7-5-3-2-4-6-7;1-2/h6-8H,3-5,9H2,1-2H3;7H,2-6H2,1H3;1-2H3. The van der Waals surface area contributed by atoms with Crippen molar-refractivity contribution in [2.24, 2.45) is 23.5 Å². The van der Waals surface area contributed by atoms with Crippen molar-refractivity contribution in [3.8, 4) is 0 Å². The third-order valence-electron chi connectivity index (χ3n) is 4.66. The van der Waals surface area contributed by atoms with Gasteiger partial charge in [0.1, 0.15) is 0 Å². The predicted octanol–water partition coefficient (Wildman–Crippen LogP) is 5.38. The highest BCUT2D eigenvalue weighted by Gasteiger charge is 2.23. The minimum atomic E-state index is 0.480. The summed E-state index contributed by atoms with van der Waals surface area (Å²) >= 11 is 0. The van der Waals surface area contributed by atoms with Crippen molar-refractivity contribution in [1.82, 2.24) is 0 Å². The maximum atomic E-state index is 5.87. The van der Waals surface area contributed by atoms with Crippen LogP contribution in [0.5, 0.6) is 0 Å². The molecule has 2 N–H and O–H groups in total. The van der Waals surface area contributed by atoms with Gasteiger partial charge < -0.3 is 5.73 Å². The highest BCUT2D eigenvalue weighted by atomic mass is 14.7. The molecule has 0 aromatic carbocycles. The molecule has 0 saturated heterocycles. The Labute approximate surface area is 116 Å². The molecule has 110 valence electrons. The number of rotatable bonds is 0. The average Bonchev–Trinajstić information content (AvgIpc) is 2.40. The van der Waals surface area contributed by atoms with E-state index in [1.54, 1.807) is 0 Å². The van der Waals surface area contributed by atoms with Crippen molar-refractivity contribution in [3.05, 3.63) is 0 Å². The Morgan fingerprint density at radius 2 is 1.28 bits per heavy atom. The molecular weight excluding hydrogens is 218 g/mol. The minimum Gasteiger partial charge on any atom is -0.327 e. The van der Waals surface area contributed by atoms with E-state index in [2.05, 4.69) is 20.8 Å². The maximum absolute atomic E-state index is 5.87. The van der Waals surface area contributed by atoms with E-state index >= 15 is 0 Å². The third-order valence-corrected chi connectivity index (χ3v) is 4.66. The van der Waals surface area contributed by atoms with E-state index in [1.807, 2.05) is 13.8 Å². The van der Waals surface area contributed by atoms with Gasteiger partial charge in [-0.3, -0.25) is 0 Å². The van der Waals surface area contributed by atoms with Crippen LogP contribution in [0.1, 0.15) is 86.0 Å². The van der Waals surface area contributed by atoms with Gasteiger partial charge in [0.25, 0.3) is 0 Å². The molecule has 1 nitrogen and oxygen atoms in total. The summed E-state index contributed by atoms with van der Waals surface area (Å²) in [7, 11) is 0. The van der Waals surface area contributed by atoms with Crippen LogP contribution in [0, 0.1) is 17.8 Å². The first-order valence-electron chi connectivity index (χ1n) is 8.37. The lowest BCUT2D eigenvalue weighted by Gasteiger charge is -2.31. The Morgan fingerprint density at radius 3 is 1.61 bits per heavy atom. The summed E-state index contributed by atoms with van der Waals surface area (Å²) < 4.78 is 0. The van der Waals surface area contributed by atoms with Gasteiger partial charge in [-0.1, -0.05) is 79.6 Å². The summed E-state index contributed by atoms with van der Waals surface area (Å²) in [6.45, 7) is 10.9. The normalized spacial score (nSPS) is 32.7. The van der Waals surface area contributed by atoms with Crippen LogP contribution < -0.4 is 5.73 Å². The summed E-state index contributed by atoms with van der Waals surface area (Å²) in [5.74, 6) is 2.64. The molecule has 3 unspecified atom stereocenters. The first-order chi connectivity index (χ1) is 8.61. The first-order valence-corrected chi connectivity index (χ1v) is 8.37. The monoisotopic (exact) mass is 255 g/mol. The Balaban J connectivity index is 0.000000289. The fourth-order valence-electron chi connectivity index (χ4n) is 2.93. The Hall–Kier alpha value is -0.0400. The van der Waals surface area contributed by atoms with Crippen LogP contribution in [0.15, 0.2) is 0 Å². The molecule has 0 aromatic rings. The second-order valence-corrected chi connectivity index (χ2v) is 6.17. The molecular formula is C17H37N. The van der Waals surface area contributed by atoms with Crippen molar-refractivity contribution in [2.45, 2.75) is 92.0 Å². The Bertz CT molecular complexity index is 162. The molecule has 0 spiro atoms. The van der Waals surface area contributed by atoms with E-state index in [1.165, 1.54) is 51.4 Å². The smallest absolute Gasteiger partial charge is 0.00670 e. The second-order valence-electron chi connectivity index (χ2n) is 6.17. The second kappa shape index (κ2) is 10.8. The zero-order valence-electron chi connectivity index (χ0n) is 13.5. The van der Waals surface area contributed by atoms with Crippen molar-refractivity contribution >= 4 is 0 Å². The zero-order chi connectivity index (χ0) is 14.0. The summed E-state index contributed by atoms with van der Waals surface area (Å²) in [4.78, 5) is 0. The van der Waals surface area contributed by atoms with Crippen LogP contribution in [0.4, 0.5) is 0 Å². The number of hydrogen-bond donors (Lipinski definition) is 1. The average molecular weight is 255 g/mol. The highest BCUT2D eigenvalue weighted by Crippen LogP contribution is 2.27. The molecule has 0 radical (unpaired) electrons. The lowest BCUT2D eigenvalue weighted by atomic mass is 9.78. The van der Waals surface area contributed by atoms with Gasteiger partial charge in [-0.2, -0.15) is 0 Å². The molecule has 2 aliphatic rings. The number of hydrogen-bond acceptors (Lipinski definition) is 1. The molecule has 2 fully saturated rings. The summed E-state index contributed by atoms with van der Waals surface area (Å²) in [6, 6.07) is 0.480. The predicted molar refractivity (Wildman–Crippen MR) is 83.8 cm³/mol. The number of nitrogens with two attached hydrogens (primary N) is 1. The van der Waals surface area contributed by atoms with Gasteiger partial charge in [0.05, 0.1) is 0 Å². The van der Waals surface area contributed by atoms with Crippen LogP contribution in [-0.4, -0.2) is 6.04 Å². The van der Waals surface area contributed by atoms with Crippen LogP contribution in [0.3, 0.4) is 0 Å². The van der Waals surface area contributed by atoms with Crippen LogP contribution in [0.25, 0.3) is 0 Å². The molecule has 0 amide bonds. The molecule has 2 aliphatic carbocycles. The van der Waals surface area contributed by atoms with Gasteiger partial charge in [0, 0.05) is 6.04 Å². The fraction of sp³-hybridized carbons (Fsp3) is 1.00. The molecule has 2 rings (SSSR count). The van der Waals surface area contributed by atoms with Crippen LogP contribution in [-0.2, 0) is 0 Å². The summed E-state index contributed by atoms with van der Waals surface area (Å²) in [6.07, 6.45) is 11.4. The Morgan fingerprint density at radius 1 is 0.722 bits per heavy atom. The lowest BCUT2D eigenvalue weighted by Crippen LogP contribution is -2.35. The SMILES string of the molecule is CC.CC1CCCC(N)C1C.CC1CCCCC1. The largest absolute Gasteiger partial charge is 0.327 e. The van der Waals surface area contributed by atoms with Crippen molar-refractivity contribution in [1.29, 1.82) is 0 Å². The van der Waals surface area contributed by atoms with Crippen LogP contribution >= 0.6 is 0 Å². The van der Waals surface area contributed by atoms with E-state index in [0.29, 0.717) is 6.04 Å². The molecule has 1 heteroatoms. The van der Waals surface area contributed by atoms with E-state index in [0.717, 1.165) is 17.8 Å². The minimum absolute atomic E-state index is 0.480. The van der Waals surface area contributed by atoms with E-state index in [-0.39, 0.29) is 0 Å². The van der Waals surface area contributed by atoms with Gasteiger partial charge in [-0.15, -0.1) is 0 Å². The van der Waals surface area contributed by atoms with Crippen LogP contribution in [0.2, 0.25) is 0 Å². The zero-order valence-corrected chi connectivity index (χ0v) is 13.5. The lowest BCUT2D eigenvalue weighted by molar-refractivity contribution is 0.240. The van der Waals surface area contributed by atoms with Gasteiger partial charge in [-0.25, -0.2) is 0 Å². The maximum Gasteiger partial charge on any atom is 0.00670 e. The van der Waals surface area contributed by atoms with E-state index in [4.69, 9.17) is 5.73 Å². The molecule has 0 heterocycles. The van der Waals surface area contributed by atoms with Gasteiger partial charge in [-0.05, 0) is 24.2 Å². The van der Waals surface area contributed by atoms with Gasteiger partial charge in [0.2, 0.25) is 0 Å². The third kappa shape index (κ3) is 7.41. The van der Waals surface area contributed by atoms with Gasteiger partial charge in [0.15, 0.2) is 0 Å². The fourth-order valence-corrected chi connectivity index (χ4v) is 2.93. The summed E-state index contributed by atoms with van der Waals surface area (Å²) in [5, 5.41) is 0. The quantitative estimate of drug-likeness (QED) is 0.617. The molecule has 2 saturated carbocycles. The molecule has 0 bridgehead atoms. The van der Waals surface area contributed by atoms with E-state index < -0.39 is 0 Å². The molecule has 3 atom stereocenters. The van der Waals surface area contributed by atoms with Crippen molar-refractivity contribution in [3.63, 3.8) is 0 Å². The van der Waals surface area contributed by atoms with E-state index in [9.17, 15) is 0 Å². The Kier molecular flexibility index (Phi) is 10.8.